The number of amides is 1. The second kappa shape index (κ2) is 6.01. The highest BCUT2D eigenvalue weighted by Crippen LogP contribution is 2.14. The summed E-state index contributed by atoms with van der Waals surface area (Å²) in [6.45, 7) is 7.61. The summed E-state index contributed by atoms with van der Waals surface area (Å²) in [4.78, 5) is 15.9. The molecule has 1 aromatic carbocycles. The van der Waals surface area contributed by atoms with Crippen LogP contribution in [0.2, 0.25) is 0 Å². The second-order valence-electron chi connectivity index (χ2n) is 5.10. The lowest BCUT2D eigenvalue weighted by atomic mass is 10.1. The molecule has 1 fully saturated rings. The van der Waals surface area contributed by atoms with Crippen LogP contribution in [0.5, 0.6) is 0 Å². The average Bonchev–Trinajstić information content (AvgIpc) is 2.54. The van der Waals surface area contributed by atoms with Crippen LogP contribution in [-0.2, 0) is 11.3 Å². The molecule has 1 aliphatic heterocycles. The molecule has 98 valence electrons. The minimum absolute atomic E-state index is 0.198. The molecule has 1 heterocycles. The first-order chi connectivity index (χ1) is 8.66. The molecule has 2 rings (SSSR count). The fourth-order valence-electron chi connectivity index (χ4n) is 2.47. The SMILES string of the molecule is CC(=O)N1CCC(C)N(Cc2ccccc2)CC1. The van der Waals surface area contributed by atoms with E-state index in [1.165, 1.54) is 5.56 Å². The Hall–Kier alpha value is -1.35. The van der Waals surface area contributed by atoms with Gasteiger partial charge >= 0.3 is 0 Å². The maximum atomic E-state index is 11.4. The van der Waals surface area contributed by atoms with Crippen LogP contribution in [0.25, 0.3) is 0 Å². The molecule has 18 heavy (non-hydrogen) atoms. The zero-order chi connectivity index (χ0) is 13.0. The maximum absolute atomic E-state index is 11.4. The first kappa shape index (κ1) is 13.1. The largest absolute Gasteiger partial charge is 0.342 e. The van der Waals surface area contributed by atoms with E-state index >= 15 is 0 Å². The van der Waals surface area contributed by atoms with Crippen molar-refractivity contribution >= 4 is 5.91 Å². The van der Waals surface area contributed by atoms with E-state index in [1.54, 1.807) is 6.92 Å². The summed E-state index contributed by atoms with van der Waals surface area (Å²) in [5.41, 5.74) is 1.35. The van der Waals surface area contributed by atoms with E-state index in [0.717, 1.165) is 32.6 Å². The van der Waals surface area contributed by atoms with E-state index < -0.39 is 0 Å². The Bertz CT molecular complexity index is 391. The van der Waals surface area contributed by atoms with Crippen LogP contribution in [0.1, 0.15) is 25.8 Å². The molecule has 3 heteroatoms. The van der Waals surface area contributed by atoms with E-state index in [-0.39, 0.29) is 5.91 Å². The third-order valence-electron chi connectivity index (χ3n) is 3.77. The van der Waals surface area contributed by atoms with Gasteiger partial charge in [0, 0.05) is 39.1 Å². The van der Waals surface area contributed by atoms with Crippen molar-refractivity contribution in [2.24, 2.45) is 0 Å². The lowest BCUT2D eigenvalue weighted by Gasteiger charge is -2.26. The van der Waals surface area contributed by atoms with Gasteiger partial charge in [-0.15, -0.1) is 0 Å². The minimum Gasteiger partial charge on any atom is -0.342 e. The Labute approximate surface area is 109 Å². The summed E-state index contributed by atoms with van der Waals surface area (Å²) >= 11 is 0. The highest BCUT2D eigenvalue weighted by molar-refractivity contribution is 5.73. The molecule has 1 aromatic rings. The Kier molecular flexibility index (Phi) is 4.37. The van der Waals surface area contributed by atoms with Gasteiger partial charge in [-0.25, -0.2) is 0 Å². The number of hydrogen-bond acceptors (Lipinski definition) is 2. The minimum atomic E-state index is 0.198. The van der Waals surface area contributed by atoms with Crippen LogP contribution in [0.15, 0.2) is 30.3 Å². The van der Waals surface area contributed by atoms with Gasteiger partial charge in [0.1, 0.15) is 0 Å². The van der Waals surface area contributed by atoms with Crippen LogP contribution in [0.4, 0.5) is 0 Å². The highest BCUT2D eigenvalue weighted by Gasteiger charge is 2.21. The molecule has 0 aromatic heterocycles. The van der Waals surface area contributed by atoms with Crippen molar-refractivity contribution in [2.75, 3.05) is 19.6 Å². The van der Waals surface area contributed by atoms with Crippen LogP contribution >= 0.6 is 0 Å². The summed E-state index contributed by atoms with van der Waals surface area (Å²) in [5, 5.41) is 0. The lowest BCUT2D eigenvalue weighted by Crippen LogP contribution is -2.35. The van der Waals surface area contributed by atoms with Crippen LogP contribution in [0, 0.1) is 0 Å². The van der Waals surface area contributed by atoms with E-state index in [1.807, 2.05) is 11.0 Å². The van der Waals surface area contributed by atoms with Gasteiger partial charge in [0.25, 0.3) is 0 Å². The molecule has 1 aliphatic rings. The molecule has 0 saturated carbocycles. The Morgan fingerprint density at radius 3 is 2.61 bits per heavy atom. The van der Waals surface area contributed by atoms with Crippen LogP contribution in [0.3, 0.4) is 0 Å². The van der Waals surface area contributed by atoms with E-state index in [4.69, 9.17) is 0 Å². The molecule has 1 saturated heterocycles. The smallest absolute Gasteiger partial charge is 0.219 e. The third-order valence-corrected chi connectivity index (χ3v) is 3.77. The maximum Gasteiger partial charge on any atom is 0.219 e. The van der Waals surface area contributed by atoms with Gasteiger partial charge in [0.2, 0.25) is 5.91 Å². The number of benzene rings is 1. The van der Waals surface area contributed by atoms with E-state index in [9.17, 15) is 4.79 Å². The van der Waals surface area contributed by atoms with Gasteiger partial charge in [-0.1, -0.05) is 30.3 Å². The Morgan fingerprint density at radius 2 is 1.94 bits per heavy atom. The monoisotopic (exact) mass is 246 g/mol. The average molecular weight is 246 g/mol. The van der Waals surface area contributed by atoms with Gasteiger partial charge in [0.05, 0.1) is 0 Å². The fourth-order valence-corrected chi connectivity index (χ4v) is 2.47. The summed E-state index contributed by atoms with van der Waals surface area (Å²) in [7, 11) is 0. The van der Waals surface area contributed by atoms with Crippen LogP contribution in [-0.4, -0.2) is 41.4 Å². The van der Waals surface area contributed by atoms with Gasteiger partial charge in [-0.05, 0) is 18.9 Å². The Balaban J connectivity index is 1.98. The lowest BCUT2D eigenvalue weighted by molar-refractivity contribution is -0.128. The summed E-state index contributed by atoms with van der Waals surface area (Å²) in [6, 6.07) is 11.1. The molecule has 0 aliphatic carbocycles. The molecule has 1 atom stereocenters. The summed E-state index contributed by atoms with van der Waals surface area (Å²) in [5.74, 6) is 0.198. The molecule has 0 spiro atoms. The second-order valence-corrected chi connectivity index (χ2v) is 5.10. The van der Waals surface area contributed by atoms with E-state index in [0.29, 0.717) is 6.04 Å². The standard InChI is InChI=1S/C15H22N2O/c1-13-8-9-16(14(2)18)10-11-17(13)12-15-6-4-3-5-7-15/h3-7,13H,8-12H2,1-2H3. The highest BCUT2D eigenvalue weighted by atomic mass is 16.2. The predicted octanol–water partition coefficient (Wildman–Crippen LogP) is 2.13. The van der Waals surface area contributed by atoms with Crippen molar-refractivity contribution in [2.45, 2.75) is 32.9 Å². The molecule has 1 unspecified atom stereocenters. The third kappa shape index (κ3) is 3.33. The predicted molar refractivity (Wildman–Crippen MR) is 73.2 cm³/mol. The zero-order valence-electron chi connectivity index (χ0n) is 11.3. The van der Waals surface area contributed by atoms with Gasteiger partial charge < -0.3 is 4.90 Å². The van der Waals surface area contributed by atoms with Gasteiger partial charge in [-0.3, -0.25) is 9.69 Å². The molecule has 3 nitrogen and oxygen atoms in total. The van der Waals surface area contributed by atoms with Crippen molar-refractivity contribution < 1.29 is 4.79 Å². The molecule has 1 amide bonds. The molecular weight excluding hydrogens is 224 g/mol. The van der Waals surface area contributed by atoms with Gasteiger partial charge in [-0.2, -0.15) is 0 Å². The number of hydrogen-bond donors (Lipinski definition) is 0. The fraction of sp³-hybridized carbons (Fsp3) is 0.533. The number of carbonyl (C=O) groups is 1. The molecule has 0 radical (unpaired) electrons. The van der Waals surface area contributed by atoms with Crippen molar-refractivity contribution in [3.63, 3.8) is 0 Å². The Morgan fingerprint density at radius 1 is 1.22 bits per heavy atom. The van der Waals surface area contributed by atoms with Crippen molar-refractivity contribution in [3.8, 4) is 0 Å². The molecule has 0 N–H and O–H groups in total. The van der Waals surface area contributed by atoms with Crippen LogP contribution < -0.4 is 0 Å². The molecule has 0 bridgehead atoms. The number of rotatable bonds is 2. The quantitative estimate of drug-likeness (QED) is 0.798. The number of carbonyl (C=O) groups excluding carboxylic acids is 1. The first-order valence-corrected chi connectivity index (χ1v) is 6.70. The first-order valence-electron chi connectivity index (χ1n) is 6.70. The zero-order valence-corrected chi connectivity index (χ0v) is 11.3. The van der Waals surface area contributed by atoms with Crippen molar-refractivity contribution in [3.05, 3.63) is 35.9 Å². The number of nitrogens with zero attached hydrogens (tertiary/aromatic N) is 2. The van der Waals surface area contributed by atoms with E-state index in [2.05, 4.69) is 36.1 Å². The van der Waals surface area contributed by atoms with Gasteiger partial charge in [0.15, 0.2) is 0 Å². The van der Waals surface area contributed by atoms with Crippen molar-refractivity contribution in [1.29, 1.82) is 0 Å². The topological polar surface area (TPSA) is 23.6 Å². The van der Waals surface area contributed by atoms with Crippen molar-refractivity contribution in [1.82, 2.24) is 9.80 Å². The normalized spacial score (nSPS) is 21.7. The molecular formula is C15H22N2O. The summed E-state index contributed by atoms with van der Waals surface area (Å²) < 4.78 is 0. The summed E-state index contributed by atoms with van der Waals surface area (Å²) in [6.07, 6.45) is 1.06.